The summed E-state index contributed by atoms with van der Waals surface area (Å²) in [6, 6.07) is 0. The van der Waals surface area contributed by atoms with Gasteiger partial charge in [-0.2, -0.15) is 0 Å². The zero-order valence-electron chi connectivity index (χ0n) is 62.0. The first-order valence-corrected chi connectivity index (χ1v) is 42.5. The highest BCUT2D eigenvalue weighted by atomic mass is 31.2. The quantitative estimate of drug-likeness (QED) is 0.0222. The summed E-state index contributed by atoms with van der Waals surface area (Å²) in [5, 5.41) is 10.6. The summed E-state index contributed by atoms with van der Waals surface area (Å²) in [5.41, 5.74) is 0. The topological polar surface area (TPSA) is 237 Å². The molecule has 0 aromatic heterocycles. The fourth-order valence-electron chi connectivity index (χ4n) is 11.6. The second kappa shape index (κ2) is 67.9. The zero-order chi connectivity index (χ0) is 70.0. The van der Waals surface area contributed by atoms with Gasteiger partial charge in [-0.25, -0.2) is 9.13 Å². The molecule has 0 radical (unpaired) electrons. The lowest BCUT2D eigenvalue weighted by Crippen LogP contribution is -2.30. The van der Waals surface area contributed by atoms with Crippen LogP contribution in [0.4, 0.5) is 0 Å². The van der Waals surface area contributed by atoms with Crippen molar-refractivity contribution in [3.8, 4) is 0 Å². The van der Waals surface area contributed by atoms with Gasteiger partial charge in [-0.15, -0.1) is 0 Å². The Morgan fingerprint density at radius 3 is 0.800 bits per heavy atom. The maximum atomic E-state index is 13.1. The molecular formula is C76H148O17P2. The monoisotopic (exact) mass is 1400 g/mol. The molecule has 0 aromatic carbocycles. The molecule has 564 valence electrons. The number of hydrogen-bond donors (Lipinski definition) is 3. The van der Waals surface area contributed by atoms with Crippen molar-refractivity contribution in [3.05, 3.63) is 0 Å². The van der Waals surface area contributed by atoms with Gasteiger partial charge in [0.15, 0.2) is 12.2 Å². The molecule has 3 N–H and O–H groups in total. The minimum Gasteiger partial charge on any atom is -0.462 e. The first-order valence-electron chi connectivity index (χ1n) is 39.5. The van der Waals surface area contributed by atoms with Crippen LogP contribution < -0.4 is 0 Å². The Kier molecular flexibility index (Phi) is 66.5. The summed E-state index contributed by atoms with van der Waals surface area (Å²) in [5.74, 6) is -0.535. The Balaban J connectivity index is 5.19. The number of unbranched alkanes of at least 4 members (excludes halogenated alkanes) is 44. The lowest BCUT2D eigenvalue weighted by Gasteiger charge is -2.21. The number of hydrogen-bond acceptors (Lipinski definition) is 15. The smallest absolute Gasteiger partial charge is 0.462 e. The van der Waals surface area contributed by atoms with Crippen LogP contribution in [0.2, 0.25) is 0 Å². The lowest BCUT2D eigenvalue weighted by molar-refractivity contribution is -0.161. The van der Waals surface area contributed by atoms with E-state index in [4.69, 9.17) is 37.0 Å². The Labute approximate surface area is 581 Å². The van der Waals surface area contributed by atoms with Crippen LogP contribution in [0, 0.1) is 11.8 Å². The molecule has 0 rings (SSSR count). The fraction of sp³-hybridized carbons (Fsp3) is 0.947. The summed E-state index contributed by atoms with van der Waals surface area (Å²) in [6.45, 7) is 9.59. The highest BCUT2D eigenvalue weighted by molar-refractivity contribution is 7.47. The summed E-state index contributed by atoms with van der Waals surface area (Å²) < 4.78 is 68.4. The number of phosphoric ester groups is 2. The number of phosphoric acid groups is 2. The van der Waals surface area contributed by atoms with Gasteiger partial charge < -0.3 is 33.8 Å². The van der Waals surface area contributed by atoms with Gasteiger partial charge in [0, 0.05) is 25.7 Å². The third-order valence-corrected chi connectivity index (χ3v) is 20.0. The predicted molar refractivity (Wildman–Crippen MR) is 386 cm³/mol. The van der Waals surface area contributed by atoms with Crippen molar-refractivity contribution < 1.29 is 80.2 Å². The molecule has 0 saturated carbocycles. The Morgan fingerprint density at radius 2 is 0.537 bits per heavy atom. The molecule has 0 fully saturated rings. The summed E-state index contributed by atoms with van der Waals surface area (Å²) in [6.07, 6.45) is 55.6. The van der Waals surface area contributed by atoms with Crippen LogP contribution in [0.15, 0.2) is 0 Å². The molecule has 0 aliphatic carbocycles. The van der Waals surface area contributed by atoms with Crippen LogP contribution >= 0.6 is 15.6 Å². The van der Waals surface area contributed by atoms with Crippen LogP contribution in [-0.2, 0) is 65.4 Å². The van der Waals surface area contributed by atoms with Crippen molar-refractivity contribution in [2.45, 2.75) is 413 Å². The molecule has 0 aliphatic heterocycles. The number of esters is 4. The Bertz CT molecular complexity index is 1840. The van der Waals surface area contributed by atoms with Gasteiger partial charge in [-0.3, -0.25) is 37.3 Å². The van der Waals surface area contributed by atoms with Crippen LogP contribution in [-0.4, -0.2) is 96.7 Å². The molecule has 0 heterocycles. The van der Waals surface area contributed by atoms with Gasteiger partial charge in [0.2, 0.25) is 0 Å². The van der Waals surface area contributed by atoms with Crippen molar-refractivity contribution in [2.24, 2.45) is 11.8 Å². The van der Waals surface area contributed by atoms with Gasteiger partial charge in [-0.05, 0) is 37.5 Å². The number of ether oxygens (including phenoxy) is 4. The van der Waals surface area contributed by atoms with Crippen LogP contribution in [0.1, 0.15) is 395 Å². The van der Waals surface area contributed by atoms with Crippen molar-refractivity contribution >= 4 is 39.5 Å². The van der Waals surface area contributed by atoms with Crippen molar-refractivity contribution in [1.82, 2.24) is 0 Å². The van der Waals surface area contributed by atoms with E-state index in [1.165, 1.54) is 199 Å². The number of aliphatic hydroxyl groups is 1. The van der Waals surface area contributed by atoms with Crippen molar-refractivity contribution in [3.63, 3.8) is 0 Å². The van der Waals surface area contributed by atoms with E-state index >= 15 is 0 Å². The second-order valence-corrected chi connectivity index (χ2v) is 31.0. The molecule has 0 bridgehead atoms. The molecule has 0 saturated heterocycles. The molecule has 0 aliphatic rings. The molecule has 6 atom stereocenters. The minimum absolute atomic E-state index is 0.106. The van der Waals surface area contributed by atoms with E-state index in [0.717, 1.165) is 115 Å². The van der Waals surface area contributed by atoms with Crippen LogP contribution in [0.5, 0.6) is 0 Å². The second-order valence-electron chi connectivity index (χ2n) is 28.1. The Morgan fingerprint density at radius 1 is 0.305 bits per heavy atom. The van der Waals surface area contributed by atoms with E-state index < -0.39 is 97.5 Å². The van der Waals surface area contributed by atoms with Gasteiger partial charge in [0.25, 0.3) is 0 Å². The molecular weight excluding hydrogens is 1250 g/mol. The molecule has 0 amide bonds. The van der Waals surface area contributed by atoms with E-state index in [0.29, 0.717) is 25.7 Å². The first-order chi connectivity index (χ1) is 45.9. The average Bonchev–Trinajstić information content (AvgIpc) is 2.17. The molecule has 0 aromatic rings. The minimum atomic E-state index is -4.96. The molecule has 17 nitrogen and oxygen atoms in total. The van der Waals surface area contributed by atoms with E-state index in [1.807, 2.05) is 0 Å². The summed E-state index contributed by atoms with van der Waals surface area (Å²) in [7, 11) is -9.91. The fourth-order valence-corrected chi connectivity index (χ4v) is 13.2. The normalized spacial score (nSPS) is 14.3. The highest BCUT2D eigenvalue weighted by Crippen LogP contribution is 2.45. The largest absolute Gasteiger partial charge is 0.472 e. The third kappa shape index (κ3) is 69.0. The number of aliphatic hydroxyl groups excluding tert-OH is 1. The average molecular weight is 1400 g/mol. The SMILES string of the molecule is CCCCCCCCCCCCCCCCCCCCCC(=O)O[C@H](COC(=O)CCCCCCCCCCCCCCC(C)C)COP(=O)(O)OC[C@@H](O)COP(=O)(O)OC[C@@H](COC(=O)CCCCCCCCC)OC(=O)CCCCCCCCCCCCC(C)CC. The molecule has 3 unspecified atom stereocenters. The van der Waals surface area contributed by atoms with Gasteiger partial charge in [-0.1, -0.05) is 343 Å². The van der Waals surface area contributed by atoms with E-state index in [2.05, 4.69) is 41.5 Å². The van der Waals surface area contributed by atoms with Crippen LogP contribution in [0.25, 0.3) is 0 Å². The first kappa shape index (κ1) is 93.1. The maximum Gasteiger partial charge on any atom is 0.472 e. The lowest BCUT2D eigenvalue weighted by atomic mass is 9.99. The highest BCUT2D eigenvalue weighted by Gasteiger charge is 2.30. The number of rotatable bonds is 75. The van der Waals surface area contributed by atoms with E-state index in [9.17, 15) is 43.2 Å². The van der Waals surface area contributed by atoms with Gasteiger partial charge in [0.05, 0.1) is 26.4 Å². The number of carbonyl (C=O) groups excluding carboxylic acids is 4. The maximum absolute atomic E-state index is 13.1. The van der Waals surface area contributed by atoms with Gasteiger partial charge in [0.1, 0.15) is 19.3 Å². The summed E-state index contributed by atoms with van der Waals surface area (Å²) >= 11 is 0. The van der Waals surface area contributed by atoms with E-state index in [1.54, 1.807) is 0 Å². The summed E-state index contributed by atoms with van der Waals surface area (Å²) in [4.78, 5) is 72.7. The third-order valence-electron chi connectivity index (χ3n) is 18.1. The molecule has 95 heavy (non-hydrogen) atoms. The molecule has 0 spiro atoms. The standard InChI is InChI=1S/C76H148O17P2/c1-7-10-12-14-16-17-18-19-20-21-22-23-24-25-30-36-42-48-54-60-75(80)93-72(65-87-74(79)59-53-47-41-35-29-27-26-28-33-39-44-50-56-68(4)5)67-91-95(84,85)89-63-70(77)62-88-94(82,83)90-66-71(64-86-73(78)58-52-46-38-15-13-11-8-2)92-76(81)61-55-49-43-37-32-31-34-40-45-51-57-69(6)9-3/h68-72,77H,7-67H2,1-6H3,(H,82,83)(H,84,85)/t69?,70-,71+,72+/m0/s1. The van der Waals surface area contributed by atoms with Gasteiger partial charge >= 0.3 is 39.5 Å². The number of carbonyl (C=O) groups is 4. The zero-order valence-corrected chi connectivity index (χ0v) is 63.8. The van der Waals surface area contributed by atoms with Crippen LogP contribution in [0.3, 0.4) is 0 Å². The Hall–Kier alpha value is -1.94. The predicted octanol–water partition coefficient (Wildman–Crippen LogP) is 22.3. The molecule has 19 heteroatoms. The van der Waals surface area contributed by atoms with E-state index in [-0.39, 0.29) is 25.7 Å². The van der Waals surface area contributed by atoms with Crippen molar-refractivity contribution in [2.75, 3.05) is 39.6 Å². The van der Waals surface area contributed by atoms with Crippen molar-refractivity contribution in [1.29, 1.82) is 0 Å².